The highest BCUT2D eigenvalue weighted by Gasteiger charge is 2.12. The van der Waals surface area contributed by atoms with Crippen LogP contribution in [-0.4, -0.2) is 25.1 Å². The van der Waals surface area contributed by atoms with Gasteiger partial charge in [-0.2, -0.15) is 11.8 Å². The Labute approximate surface area is 116 Å². The summed E-state index contributed by atoms with van der Waals surface area (Å²) < 4.78 is 0. The molecule has 1 rings (SSSR count). The highest BCUT2D eigenvalue weighted by molar-refractivity contribution is 9.08. The van der Waals surface area contributed by atoms with E-state index in [4.69, 9.17) is 11.6 Å². The van der Waals surface area contributed by atoms with Gasteiger partial charge in [0.2, 0.25) is 0 Å². The molecule has 1 atom stereocenters. The van der Waals surface area contributed by atoms with Crippen molar-refractivity contribution in [1.29, 1.82) is 0 Å². The van der Waals surface area contributed by atoms with Crippen molar-refractivity contribution in [2.45, 2.75) is 18.3 Å². The van der Waals surface area contributed by atoms with Crippen molar-refractivity contribution in [1.82, 2.24) is 0 Å². The lowest BCUT2D eigenvalue weighted by Crippen LogP contribution is -2.31. The smallest absolute Gasteiger partial charge is 0.0410 e. The summed E-state index contributed by atoms with van der Waals surface area (Å²) in [7, 11) is 2.14. The Kier molecular flexibility index (Phi) is 6.01. The van der Waals surface area contributed by atoms with E-state index in [2.05, 4.69) is 47.1 Å². The molecule has 0 fully saturated rings. The van der Waals surface area contributed by atoms with Gasteiger partial charge in [-0.3, -0.25) is 0 Å². The van der Waals surface area contributed by atoms with Crippen molar-refractivity contribution in [3.05, 3.63) is 28.8 Å². The van der Waals surface area contributed by atoms with Gasteiger partial charge in [0.25, 0.3) is 0 Å². The zero-order valence-corrected chi connectivity index (χ0v) is 13.0. The predicted octanol–water partition coefficient (Wildman–Crippen LogP) is 4.42. The first-order valence-electron chi connectivity index (χ1n) is 5.16. The largest absolute Gasteiger partial charge is 0.371 e. The average Bonchev–Trinajstić information content (AvgIpc) is 2.28. The third kappa shape index (κ3) is 3.57. The molecule has 1 unspecified atom stereocenters. The van der Waals surface area contributed by atoms with Gasteiger partial charge in [-0.15, -0.1) is 0 Å². The van der Waals surface area contributed by atoms with E-state index in [1.807, 2.05) is 23.9 Å². The Morgan fingerprint density at radius 2 is 2.19 bits per heavy atom. The third-order valence-corrected chi connectivity index (χ3v) is 4.29. The molecule has 0 aromatic heterocycles. The maximum Gasteiger partial charge on any atom is 0.0410 e. The molecule has 0 aliphatic heterocycles. The Bertz CT molecular complexity index is 346. The number of rotatable bonds is 5. The minimum Gasteiger partial charge on any atom is -0.371 e. The van der Waals surface area contributed by atoms with Crippen LogP contribution in [-0.2, 0) is 5.33 Å². The predicted molar refractivity (Wildman–Crippen MR) is 80.3 cm³/mol. The fraction of sp³-hybridized carbons (Fsp3) is 0.500. The third-order valence-electron chi connectivity index (χ3n) is 2.63. The lowest BCUT2D eigenvalue weighted by Gasteiger charge is -2.28. The average molecular weight is 323 g/mol. The fourth-order valence-electron chi connectivity index (χ4n) is 1.60. The molecule has 1 nitrogen and oxygen atoms in total. The van der Waals surface area contributed by atoms with Crippen LogP contribution >= 0.6 is 39.3 Å². The Hall–Kier alpha value is 0.140. The van der Waals surface area contributed by atoms with Crippen LogP contribution < -0.4 is 4.90 Å². The van der Waals surface area contributed by atoms with Crippen LogP contribution in [0, 0.1) is 0 Å². The first-order chi connectivity index (χ1) is 7.60. The molecular weight excluding hydrogens is 306 g/mol. The number of nitrogens with zero attached hydrogens (tertiary/aromatic N) is 1. The lowest BCUT2D eigenvalue weighted by atomic mass is 10.1. The van der Waals surface area contributed by atoms with E-state index in [-0.39, 0.29) is 0 Å². The molecule has 0 amide bonds. The summed E-state index contributed by atoms with van der Waals surface area (Å²) in [6.07, 6.45) is 2.14. The molecule has 0 aliphatic carbocycles. The summed E-state index contributed by atoms with van der Waals surface area (Å²) in [5.74, 6) is 1.13. The van der Waals surface area contributed by atoms with Gasteiger partial charge >= 0.3 is 0 Å². The second-order valence-corrected chi connectivity index (χ2v) is 5.73. The monoisotopic (exact) mass is 321 g/mol. The van der Waals surface area contributed by atoms with Crippen molar-refractivity contribution >= 4 is 45.0 Å². The van der Waals surface area contributed by atoms with Crippen molar-refractivity contribution < 1.29 is 0 Å². The minimum absolute atomic E-state index is 0.522. The molecule has 16 heavy (non-hydrogen) atoms. The van der Waals surface area contributed by atoms with Crippen molar-refractivity contribution in [2.75, 3.05) is 24.0 Å². The fourth-order valence-corrected chi connectivity index (χ4v) is 2.95. The molecular formula is C12H17BrClNS. The number of hydrogen-bond acceptors (Lipinski definition) is 2. The molecule has 0 spiro atoms. The van der Waals surface area contributed by atoms with Crippen molar-refractivity contribution in [2.24, 2.45) is 0 Å². The Balaban J connectivity index is 2.93. The maximum absolute atomic E-state index is 6.00. The molecule has 90 valence electrons. The van der Waals surface area contributed by atoms with Gasteiger partial charge < -0.3 is 4.90 Å². The maximum atomic E-state index is 6.00. The molecule has 0 aliphatic rings. The van der Waals surface area contributed by atoms with Crippen LogP contribution in [0.15, 0.2) is 18.2 Å². The first-order valence-corrected chi connectivity index (χ1v) is 8.05. The van der Waals surface area contributed by atoms with E-state index < -0.39 is 0 Å². The summed E-state index contributed by atoms with van der Waals surface area (Å²) in [6.45, 7) is 2.24. The number of hydrogen-bond donors (Lipinski definition) is 0. The molecule has 1 aromatic rings. The molecule has 0 N–H and O–H groups in total. The van der Waals surface area contributed by atoms with Crippen LogP contribution in [0.3, 0.4) is 0 Å². The highest BCUT2D eigenvalue weighted by atomic mass is 79.9. The number of benzene rings is 1. The van der Waals surface area contributed by atoms with Gasteiger partial charge in [-0.25, -0.2) is 0 Å². The van der Waals surface area contributed by atoms with Crippen molar-refractivity contribution in [3.63, 3.8) is 0 Å². The van der Waals surface area contributed by atoms with Crippen LogP contribution in [0.5, 0.6) is 0 Å². The zero-order valence-electron chi connectivity index (χ0n) is 9.84. The topological polar surface area (TPSA) is 3.24 Å². The minimum atomic E-state index is 0.522. The van der Waals surface area contributed by atoms with E-state index in [9.17, 15) is 0 Å². The zero-order chi connectivity index (χ0) is 12.1. The number of halogens is 2. The van der Waals surface area contributed by atoms with Gasteiger partial charge in [-0.05, 0) is 36.9 Å². The standard InChI is InChI=1S/C12H17BrClNS/c1-9(8-16-3)15(2)12-5-4-11(14)6-10(12)7-13/h4-6,9H,7-8H2,1-3H3. The summed E-state index contributed by atoms with van der Waals surface area (Å²) >= 11 is 11.4. The molecule has 0 saturated carbocycles. The van der Waals surface area contributed by atoms with Crippen LogP contribution in [0.25, 0.3) is 0 Å². The van der Waals surface area contributed by atoms with Gasteiger partial charge in [-0.1, -0.05) is 27.5 Å². The highest BCUT2D eigenvalue weighted by Crippen LogP contribution is 2.27. The quantitative estimate of drug-likeness (QED) is 0.738. The molecule has 0 saturated heterocycles. The second kappa shape index (κ2) is 6.77. The number of thioether (sulfide) groups is 1. The van der Waals surface area contributed by atoms with Crippen LogP contribution in [0.1, 0.15) is 12.5 Å². The number of anilines is 1. The van der Waals surface area contributed by atoms with E-state index in [1.54, 1.807) is 0 Å². The summed E-state index contributed by atoms with van der Waals surface area (Å²) in [4.78, 5) is 2.31. The Morgan fingerprint density at radius 1 is 1.50 bits per heavy atom. The van der Waals surface area contributed by atoms with E-state index in [0.717, 1.165) is 16.1 Å². The van der Waals surface area contributed by atoms with E-state index >= 15 is 0 Å². The Morgan fingerprint density at radius 3 is 2.75 bits per heavy atom. The first kappa shape index (κ1) is 14.2. The van der Waals surface area contributed by atoms with E-state index in [1.165, 1.54) is 11.3 Å². The number of alkyl halides is 1. The van der Waals surface area contributed by atoms with Gasteiger partial charge in [0, 0.05) is 34.9 Å². The summed E-state index contributed by atoms with van der Waals surface area (Å²) in [5.41, 5.74) is 2.49. The SMILES string of the molecule is CSCC(C)N(C)c1ccc(Cl)cc1CBr. The molecule has 0 radical (unpaired) electrons. The summed E-state index contributed by atoms with van der Waals surface area (Å²) in [5, 5.41) is 1.63. The second-order valence-electron chi connectivity index (χ2n) is 3.82. The van der Waals surface area contributed by atoms with Crippen LogP contribution in [0.4, 0.5) is 5.69 Å². The molecule has 0 heterocycles. The van der Waals surface area contributed by atoms with Gasteiger partial charge in [0.05, 0.1) is 0 Å². The van der Waals surface area contributed by atoms with Crippen molar-refractivity contribution in [3.8, 4) is 0 Å². The molecule has 4 heteroatoms. The van der Waals surface area contributed by atoms with Gasteiger partial charge in [0.15, 0.2) is 0 Å². The van der Waals surface area contributed by atoms with Crippen LogP contribution in [0.2, 0.25) is 5.02 Å². The molecule has 0 bridgehead atoms. The lowest BCUT2D eigenvalue weighted by molar-refractivity contribution is 0.763. The summed E-state index contributed by atoms with van der Waals surface area (Å²) in [6, 6.07) is 6.59. The van der Waals surface area contributed by atoms with Gasteiger partial charge in [0.1, 0.15) is 0 Å². The van der Waals surface area contributed by atoms with E-state index in [0.29, 0.717) is 6.04 Å². The normalized spacial score (nSPS) is 12.6. The molecule has 1 aromatic carbocycles.